The van der Waals surface area contributed by atoms with E-state index in [9.17, 15) is 4.79 Å². The molecule has 0 aliphatic carbocycles. The number of nitrogens with zero attached hydrogens (tertiary/aromatic N) is 4. The summed E-state index contributed by atoms with van der Waals surface area (Å²) in [5, 5.41) is 16.8. The van der Waals surface area contributed by atoms with Crippen LogP contribution in [0.4, 0.5) is 0 Å². The number of rotatable bonds is 4. The normalized spacial score (nSPS) is 11.0. The molecule has 0 atom stereocenters. The van der Waals surface area contributed by atoms with E-state index in [0.717, 1.165) is 26.9 Å². The van der Waals surface area contributed by atoms with Gasteiger partial charge in [-0.3, -0.25) is 4.79 Å². The summed E-state index contributed by atoms with van der Waals surface area (Å²) in [7, 11) is 0. The lowest BCUT2D eigenvalue weighted by Crippen LogP contribution is -2.23. The fraction of sp³-hybridized carbons (Fsp3) is 0.111. The first kappa shape index (κ1) is 16.7. The van der Waals surface area contributed by atoms with Crippen LogP contribution in [0.25, 0.3) is 15.5 Å². The van der Waals surface area contributed by atoms with E-state index >= 15 is 0 Å². The molecule has 0 fully saturated rings. The minimum atomic E-state index is -0.191. The second kappa shape index (κ2) is 6.86. The molecule has 1 N–H and O–H groups in total. The van der Waals surface area contributed by atoms with Crippen molar-refractivity contribution < 1.29 is 4.79 Å². The van der Waals surface area contributed by atoms with Gasteiger partial charge >= 0.3 is 0 Å². The van der Waals surface area contributed by atoms with E-state index < -0.39 is 0 Å². The van der Waals surface area contributed by atoms with E-state index in [1.165, 1.54) is 11.3 Å². The van der Waals surface area contributed by atoms with E-state index in [-0.39, 0.29) is 5.91 Å². The Morgan fingerprint density at radius 1 is 1.15 bits per heavy atom. The highest BCUT2D eigenvalue weighted by Crippen LogP contribution is 2.25. The summed E-state index contributed by atoms with van der Waals surface area (Å²) in [6.45, 7) is 2.29. The molecule has 6 nitrogen and oxygen atoms in total. The average Bonchev–Trinajstić information content (AvgIpc) is 3.23. The molecule has 4 rings (SSSR count). The number of aromatic nitrogens is 4. The third-order valence-corrected chi connectivity index (χ3v) is 5.20. The number of nitrogens with one attached hydrogen (secondary N) is 1. The zero-order chi connectivity index (χ0) is 18.1. The largest absolute Gasteiger partial charge is 0.348 e. The average molecular weight is 384 g/mol. The molecule has 2 aromatic heterocycles. The molecule has 8 heteroatoms. The van der Waals surface area contributed by atoms with Crippen LogP contribution in [0, 0.1) is 6.92 Å². The fourth-order valence-electron chi connectivity index (χ4n) is 2.52. The Labute approximate surface area is 158 Å². The molecular weight excluding hydrogens is 370 g/mol. The quantitative estimate of drug-likeness (QED) is 0.582. The molecule has 0 bridgehead atoms. The molecule has 0 spiro atoms. The number of aryl methyl sites for hydroxylation is 1. The zero-order valence-electron chi connectivity index (χ0n) is 13.8. The predicted octanol–water partition coefficient (Wildman–Crippen LogP) is 3.74. The van der Waals surface area contributed by atoms with E-state index in [1.807, 2.05) is 31.2 Å². The number of benzene rings is 2. The first-order valence-corrected chi connectivity index (χ1v) is 9.12. The van der Waals surface area contributed by atoms with Gasteiger partial charge < -0.3 is 5.32 Å². The van der Waals surface area contributed by atoms with Crippen LogP contribution in [0.3, 0.4) is 0 Å². The van der Waals surface area contributed by atoms with Gasteiger partial charge in [-0.25, -0.2) is 0 Å². The molecule has 0 saturated carbocycles. The summed E-state index contributed by atoms with van der Waals surface area (Å²) < 4.78 is 1.73. The minimum Gasteiger partial charge on any atom is -0.348 e. The highest BCUT2D eigenvalue weighted by Gasteiger charge is 2.11. The predicted molar refractivity (Wildman–Crippen MR) is 101 cm³/mol. The number of halogens is 1. The second-order valence-corrected chi connectivity index (χ2v) is 7.07. The molecule has 0 aliphatic heterocycles. The van der Waals surface area contributed by atoms with Crippen molar-refractivity contribution >= 4 is 33.8 Å². The van der Waals surface area contributed by atoms with Crippen molar-refractivity contribution in [3.8, 4) is 10.6 Å². The Bertz CT molecular complexity index is 1090. The molecular formula is C18H14ClN5OS. The van der Waals surface area contributed by atoms with Crippen LogP contribution in [0.2, 0.25) is 5.02 Å². The van der Waals surface area contributed by atoms with Crippen LogP contribution in [0.5, 0.6) is 0 Å². The highest BCUT2D eigenvalue weighted by molar-refractivity contribution is 7.19. The summed E-state index contributed by atoms with van der Waals surface area (Å²) in [5.74, 6) is 0.574. The van der Waals surface area contributed by atoms with Gasteiger partial charge in [0.25, 0.3) is 5.91 Å². The summed E-state index contributed by atoms with van der Waals surface area (Å²) in [5.41, 5.74) is 2.47. The number of hydrogen-bond acceptors (Lipinski definition) is 5. The van der Waals surface area contributed by atoms with Gasteiger partial charge in [0, 0.05) is 12.1 Å². The SMILES string of the molecule is Cc1nnc2sc(-c3ccc(CNC(=O)c4ccccc4Cl)cc3)nn12. The topological polar surface area (TPSA) is 72.2 Å². The van der Waals surface area contributed by atoms with Crippen LogP contribution >= 0.6 is 22.9 Å². The van der Waals surface area contributed by atoms with Gasteiger partial charge in [0.1, 0.15) is 5.01 Å². The van der Waals surface area contributed by atoms with Crippen molar-refractivity contribution in [1.82, 2.24) is 25.1 Å². The van der Waals surface area contributed by atoms with Crippen LogP contribution in [0.15, 0.2) is 48.5 Å². The monoisotopic (exact) mass is 383 g/mol. The number of fused-ring (bicyclic) bond motifs is 1. The number of amides is 1. The van der Waals surface area contributed by atoms with E-state index in [1.54, 1.807) is 28.8 Å². The number of hydrogen-bond donors (Lipinski definition) is 1. The van der Waals surface area contributed by atoms with Gasteiger partial charge in [0.05, 0.1) is 10.6 Å². The summed E-state index contributed by atoms with van der Waals surface area (Å²) in [6.07, 6.45) is 0. The molecule has 2 aromatic carbocycles. The lowest BCUT2D eigenvalue weighted by atomic mass is 10.1. The Kier molecular flexibility index (Phi) is 4.40. The molecule has 26 heavy (non-hydrogen) atoms. The van der Waals surface area contributed by atoms with Crippen LogP contribution in [-0.2, 0) is 6.54 Å². The molecule has 1 amide bonds. The van der Waals surface area contributed by atoms with Gasteiger partial charge in [0.2, 0.25) is 4.96 Å². The molecule has 4 aromatic rings. The van der Waals surface area contributed by atoms with Gasteiger partial charge in [-0.05, 0) is 24.6 Å². The van der Waals surface area contributed by atoms with Crippen molar-refractivity contribution in [2.45, 2.75) is 13.5 Å². The minimum absolute atomic E-state index is 0.191. The number of carbonyl (C=O) groups excluding carboxylic acids is 1. The number of carbonyl (C=O) groups is 1. The maximum absolute atomic E-state index is 12.2. The Morgan fingerprint density at radius 3 is 2.65 bits per heavy atom. The van der Waals surface area contributed by atoms with E-state index in [0.29, 0.717) is 17.1 Å². The third kappa shape index (κ3) is 3.18. The molecule has 0 unspecified atom stereocenters. The Balaban J connectivity index is 1.46. The van der Waals surface area contributed by atoms with Gasteiger partial charge in [-0.2, -0.15) is 9.61 Å². The van der Waals surface area contributed by atoms with Crippen LogP contribution in [0.1, 0.15) is 21.7 Å². The first-order valence-electron chi connectivity index (χ1n) is 7.93. The van der Waals surface area contributed by atoms with Gasteiger partial charge in [0.15, 0.2) is 5.82 Å². The second-order valence-electron chi connectivity index (χ2n) is 5.71. The van der Waals surface area contributed by atoms with Crippen LogP contribution in [-0.4, -0.2) is 25.7 Å². The smallest absolute Gasteiger partial charge is 0.253 e. The molecule has 0 radical (unpaired) electrons. The fourth-order valence-corrected chi connectivity index (χ4v) is 3.63. The lowest BCUT2D eigenvalue weighted by Gasteiger charge is -2.07. The summed E-state index contributed by atoms with van der Waals surface area (Å²) in [6, 6.07) is 14.9. The molecule has 0 aliphatic rings. The Morgan fingerprint density at radius 2 is 1.92 bits per heavy atom. The molecule has 0 saturated heterocycles. The van der Waals surface area contributed by atoms with E-state index in [4.69, 9.17) is 11.6 Å². The van der Waals surface area contributed by atoms with E-state index in [2.05, 4.69) is 20.6 Å². The van der Waals surface area contributed by atoms with Crippen molar-refractivity contribution in [1.29, 1.82) is 0 Å². The summed E-state index contributed by atoms with van der Waals surface area (Å²) in [4.78, 5) is 13.0. The van der Waals surface area contributed by atoms with Crippen molar-refractivity contribution in [3.05, 3.63) is 70.5 Å². The maximum Gasteiger partial charge on any atom is 0.253 e. The third-order valence-electron chi connectivity index (χ3n) is 3.92. The van der Waals surface area contributed by atoms with Crippen LogP contribution < -0.4 is 5.32 Å². The Hall–Kier alpha value is -2.77. The maximum atomic E-state index is 12.2. The molecule has 130 valence electrons. The zero-order valence-corrected chi connectivity index (χ0v) is 15.4. The lowest BCUT2D eigenvalue weighted by molar-refractivity contribution is 0.0951. The standard InChI is InChI=1S/C18H14ClN5OS/c1-11-21-22-18-24(11)23-17(26-18)13-8-6-12(7-9-13)10-20-16(25)14-4-2-3-5-15(14)19/h2-9H,10H2,1H3,(H,20,25). The highest BCUT2D eigenvalue weighted by atomic mass is 35.5. The van der Waals surface area contributed by atoms with Crippen molar-refractivity contribution in [3.63, 3.8) is 0 Å². The van der Waals surface area contributed by atoms with Crippen molar-refractivity contribution in [2.24, 2.45) is 0 Å². The van der Waals surface area contributed by atoms with Crippen molar-refractivity contribution in [2.75, 3.05) is 0 Å². The van der Waals surface area contributed by atoms with Gasteiger partial charge in [-0.1, -0.05) is 59.3 Å². The van der Waals surface area contributed by atoms with Gasteiger partial charge in [-0.15, -0.1) is 10.2 Å². The first-order chi connectivity index (χ1) is 12.6. The molecule has 2 heterocycles. The summed E-state index contributed by atoms with van der Waals surface area (Å²) >= 11 is 7.53.